The Labute approximate surface area is 183 Å². The topological polar surface area (TPSA) is 77.8 Å². The highest BCUT2D eigenvalue weighted by Gasteiger charge is 2.34. The number of amides is 3. The van der Waals surface area contributed by atoms with Gasteiger partial charge in [0.25, 0.3) is 0 Å². The van der Waals surface area contributed by atoms with Gasteiger partial charge in [-0.3, -0.25) is 19.9 Å². The van der Waals surface area contributed by atoms with E-state index in [4.69, 9.17) is 4.42 Å². The van der Waals surface area contributed by atoms with Gasteiger partial charge < -0.3 is 9.73 Å². The minimum atomic E-state index is -0.480. The van der Waals surface area contributed by atoms with E-state index in [2.05, 4.69) is 50.8 Å². The largest absolute Gasteiger partial charge is 0.467 e. The zero-order chi connectivity index (χ0) is 21.5. The number of carbonyl (C=O) groups excluding carboxylic acids is 2. The van der Waals surface area contributed by atoms with E-state index in [1.807, 2.05) is 0 Å². The van der Waals surface area contributed by atoms with Gasteiger partial charge in [0.1, 0.15) is 5.76 Å². The minimum absolute atomic E-state index is 0.245. The summed E-state index contributed by atoms with van der Waals surface area (Å²) in [7, 11) is 0. The summed E-state index contributed by atoms with van der Waals surface area (Å²) < 4.78 is 5.18. The SMILES string of the molecule is O=C(CN1CCC[C@@H]1C1CCN(Cc2ccccc2)CC1)NC(=O)NCc1ccco1. The fourth-order valence-corrected chi connectivity index (χ4v) is 4.89. The van der Waals surface area contributed by atoms with Gasteiger partial charge in [0, 0.05) is 12.6 Å². The van der Waals surface area contributed by atoms with Gasteiger partial charge in [-0.2, -0.15) is 0 Å². The molecule has 0 radical (unpaired) electrons. The summed E-state index contributed by atoms with van der Waals surface area (Å²) in [5.41, 5.74) is 1.37. The van der Waals surface area contributed by atoms with Gasteiger partial charge in [-0.25, -0.2) is 4.79 Å². The van der Waals surface area contributed by atoms with Crippen molar-refractivity contribution in [2.24, 2.45) is 5.92 Å². The molecule has 2 aliphatic heterocycles. The Balaban J connectivity index is 1.20. The molecule has 1 aromatic heterocycles. The van der Waals surface area contributed by atoms with Crippen molar-refractivity contribution in [3.63, 3.8) is 0 Å². The highest BCUT2D eigenvalue weighted by Crippen LogP contribution is 2.31. The molecule has 2 N–H and O–H groups in total. The van der Waals surface area contributed by atoms with Gasteiger partial charge >= 0.3 is 6.03 Å². The monoisotopic (exact) mass is 424 g/mol. The number of hydrogen-bond acceptors (Lipinski definition) is 5. The summed E-state index contributed by atoms with van der Waals surface area (Å²) in [6, 6.07) is 14.1. The average Bonchev–Trinajstić information content (AvgIpc) is 3.46. The smallest absolute Gasteiger partial charge is 0.321 e. The number of carbonyl (C=O) groups is 2. The fourth-order valence-electron chi connectivity index (χ4n) is 4.89. The summed E-state index contributed by atoms with van der Waals surface area (Å²) in [4.78, 5) is 29.2. The number of nitrogens with one attached hydrogen (secondary N) is 2. The lowest BCUT2D eigenvalue weighted by Gasteiger charge is -2.38. The van der Waals surface area contributed by atoms with Gasteiger partial charge in [-0.05, 0) is 68.9 Å². The van der Waals surface area contributed by atoms with Crippen molar-refractivity contribution in [1.29, 1.82) is 0 Å². The van der Waals surface area contributed by atoms with Crippen LogP contribution in [0.25, 0.3) is 0 Å². The summed E-state index contributed by atoms with van der Waals surface area (Å²) in [5.74, 6) is 1.03. The Morgan fingerprint density at radius 3 is 2.55 bits per heavy atom. The molecule has 166 valence electrons. The first kappa shape index (κ1) is 21.6. The number of piperidine rings is 1. The maximum atomic E-state index is 12.4. The van der Waals surface area contributed by atoms with Gasteiger partial charge in [0.05, 0.1) is 19.4 Å². The van der Waals surface area contributed by atoms with E-state index in [1.165, 1.54) is 18.4 Å². The van der Waals surface area contributed by atoms with Crippen LogP contribution in [0.5, 0.6) is 0 Å². The molecule has 7 nitrogen and oxygen atoms in total. The number of furan rings is 1. The first-order valence-corrected chi connectivity index (χ1v) is 11.3. The highest BCUT2D eigenvalue weighted by molar-refractivity contribution is 5.95. The number of urea groups is 1. The zero-order valence-electron chi connectivity index (χ0n) is 18.0. The lowest BCUT2D eigenvalue weighted by Crippen LogP contribution is -2.48. The predicted octanol–water partition coefficient (Wildman–Crippen LogP) is 2.98. The maximum absolute atomic E-state index is 12.4. The molecule has 2 aliphatic rings. The predicted molar refractivity (Wildman–Crippen MR) is 118 cm³/mol. The quantitative estimate of drug-likeness (QED) is 0.715. The molecule has 1 aromatic carbocycles. The summed E-state index contributed by atoms with van der Waals surface area (Å²) in [6.45, 7) is 4.69. The molecule has 2 aromatic rings. The van der Waals surface area contributed by atoms with Crippen LogP contribution in [-0.4, -0.2) is 54.0 Å². The van der Waals surface area contributed by atoms with Gasteiger partial charge in [0.15, 0.2) is 0 Å². The Bertz CT molecular complexity index is 832. The third kappa shape index (κ3) is 6.18. The first-order chi connectivity index (χ1) is 15.2. The van der Waals surface area contributed by atoms with Gasteiger partial charge in [-0.15, -0.1) is 0 Å². The van der Waals surface area contributed by atoms with E-state index < -0.39 is 6.03 Å². The summed E-state index contributed by atoms with van der Waals surface area (Å²) >= 11 is 0. The second kappa shape index (κ2) is 10.6. The van der Waals surface area contributed by atoms with E-state index in [0.717, 1.165) is 39.0 Å². The van der Waals surface area contributed by atoms with Crippen molar-refractivity contribution in [1.82, 2.24) is 20.4 Å². The van der Waals surface area contributed by atoms with Crippen LogP contribution in [0.2, 0.25) is 0 Å². The number of likely N-dealkylation sites (tertiary alicyclic amines) is 2. The second-order valence-corrected chi connectivity index (χ2v) is 8.59. The van der Waals surface area contributed by atoms with Crippen LogP contribution >= 0.6 is 0 Å². The molecular weight excluding hydrogens is 392 g/mol. The minimum Gasteiger partial charge on any atom is -0.467 e. The summed E-state index contributed by atoms with van der Waals surface area (Å²) in [5, 5.41) is 5.10. The molecule has 2 saturated heterocycles. The number of benzene rings is 1. The molecule has 0 saturated carbocycles. The number of rotatable bonds is 7. The normalized spacial score (nSPS) is 20.6. The van der Waals surface area contributed by atoms with Crippen molar-refractivity contribution >= 4 is 11.9 Å². The summed E-state index contributed by atoms with van der Waals surface area (Å²) in [6.07, 6.45) is 6.15. The fraction of sp³-hybridized carbons (Fsp3) is 0.500. The Morgan fingerprint density at radius 1 is 1.00 bits per heavy atom. The molecule has 2 fully saturated rings. The van der Waals surface area contributed by atoms with Crippen LogP contribution in [0.4, 0.5) is 4.79 Å². The molecule has 4 rings (SSSR count). The zero-order valence-corrected chi connectivity index (χ0v) is 18.0. The van der Waals surface area contributed by atoms with E-state index in [9.17, 15) is 9.59 Å². The highest BCUT2D eigenvalue weighted by atomic mass is 16.3. The van der Waals surface area contributed by atoms with Crippen molar-refractivity contribution in [2.45, 2.75) is 44.8 Å². The van der Waals surface area contributed by atoms with Crippen molar-refractivity contribution < 1.29 is 14.0 Å². The van der Waals surface area contributed by atoms with Crippen LogP contribution in [0.1, 0.15) is 37.0 Å². The van der Waals surface area contributed by atoms with Crippen LogP contribution < -0.4 is 10.6 Å². The van der Waals surface area contributed by atoms with E-state index in [-0.39, 0.29) is 19.0 Å². The molecule has 0 unspecified atom stereocenters. The molecule has 7 heteroatoms. The maximum Gasteiger partial charge on any atom is 0.321 e. The third-order valence-corrected chi connectivity index (χ3v) is 6.44. The number of nitrogens with zero attached hydrogens (tertiary/aromatic N) is 2. The molecule has 3 amide bonds. The molecule has 31 heavy (non-hydrogen) atoms. The Kier molecular flexibility index (Phi) is 7.38. The average molecular weight is 425 g/mol. The molecule has 0 spiro atoms. The molecule has 1 atom stereocenters. The second-order valence-electron chi connectivity index (χ2n) is 8.59. The van der Waals surface area contributed by atoms with Crippen molar-refractivity contribution in [3.05, 3.63) is 60.1 Å². The number of imide groups is 1. The van der Waals surface area contributed by atoms with Gasteiger partial charge in [-0.1, -0.05) is 30.3 Å². The lowest BCUT2D eigenvalue weighted by atomic mass is 9.87. The van der Waals surface area contributed by atoms with Crippen molar-refractivity contribution in [2.75, 3.05) is 26.2 Å². The molecule has 0 aliphatic carbocycles. The van der Waals surface area contributed by atoms with Crippen molar-refractivity contribution in [3.8, 4) is 0 Å². The van der Waals surface area contributed by atoms with Crippen LogP contribution in [-0.2, 0) is 17.9 Å². The Morgan fingerprint density at radius 2 is 1.81 bits per heavy atom. The van der Waals surface area contributed by atoms with Crippen LogP contribution in [0.3, 0.4) is 0 Å². The third-order valence-electron chi connectivity index (χ3n) is 6.44. The van der Waals surface area contributed by atoms with Crippen LogP contribution in [0, 0.1) is 5.92 Å². The molecular formula is C24H32N4O3. The molecule has 0 bridgehead atoms. The Hall–Kier alpha value is -2.64. The van der Waals surface area contributed by atoms with E-state index in [0.29, 0.717) is 17.7 Å². The van der Waals surface area contributed by atoms with E-state index in [1.54, 1.807) is 18.4 Å². The van der Waals surface area contributed by atoms with E-state index >= 15 is 0 Å². The number of hydrogen-bond donors (Lipinski definition) is 2. The molecule has 3 heterocycles. The standard InChI is InChI=1S/C24H32N4O3/c29-23(26-24(30)25-16-21-8-5-15-31-21)18-28-12-4-9-22(28)20-10-13-27(14-11-20)17-19-6-2-1-3-7-19/h1-3,5-8,15,20,22H,4,9-14,16-18H2,(H2,25,26,29,30)/t22-/m1/s1. The first-order valence-electron chi connectivity index (χ1n) is 11.3. The lowest BCUT2D eigenvalue weighted by molar-refractivity contribution is -0.121. The van der Waals surface area contributed by atoms with Crippen LogP contribution in [0.15, 0.2) is 53.1 Å². The van der Waals surface area contributed by atoms with Gasteiger partial charge in [0.2, 0.25) is 5.91 Å².